The van der Waals surface area contributed by atoms with Crippen LogP contribution in [0, 0.1) is 5.92 Å². The fraction of sp³-hybridized carbons (Fsp3) is 0.857. The molecule has 10 nitrogen and oxygen atoms in total. The molecule has 140 valence electrons. The highest BCUT2D eigenvalue weighted by Crippen LogP contribution is 2.30. The molecule has 0 amide bonds. The van der Waals surface area contributed by atoms with Crippen LogP contribution in [0.25, 0.3) is 0 Å². The van der Waals surface area contributed by atoms with E-state index in [0.717, 1.165) is 0 Å². The Balaban J connectivity index is 2.88. The quantitative estimate of drug-likeness (QED) is 0.189. The molecule has 24 heavy (non-hydrogen) atoms. The van der Waals surface area contributed by atoms with Crippen molar-refractivity contribution in [3.05, 3.63) is 0 Å². The highest BCUT2D eigenvalue weighted by molar-refractivity contribution is 5.69. The van der Waals surface area contributed by atoms with Crippen molar-refractivity contribution in [2.24, 2.45) is 5.92 Å². The Bertz CT molecular complexity index is 390. The van der Waals surface area contributed by atoms with Crippen molar-refractivity contribution >= 4 is 11.9 Å². The molecule has 1 aliphatic rings. The van der Waals surface area contributed by atoms with Crippen LogP contribution in [-0.4, -0.2) is 92.7 Å². The second kappa shape index (κ2) is 9.87. The van der Waals surface area contributed by atoms with Crippen LogP contribution in [0.4, 0.5) is 0 Å². The van der Waals surface area contributed by atoms with Gasteiger partial charge in [0.1, 0.15) is 0 Å². The third kappa shape index (κ3) is 5.65. The second-order valence-electron chi connectivity index (χ2n) is 5.93. The van der Waals surface area contributed by atoms with Crippen LogP contribution < -0.4 is 10.6 Å². The number of aliphatic carboxylic acids is 2. The predicted molar refractivity (Wildman–Crippen MR) is 81.3 cm³/mol. The number of nitrogens with one attached hydrogen (secondary N) is 2. The number of hydrogen-bond acceptors (Lipinski definition) is 8. The minimum Gasteiger partial charge on any atom is -0.481 e. The predicted octanol–water partition coefficient (Wildman–Crippen LogP) is -3.05. The maximum Gasteiger partial charge on any atom is 0.317 e. The van der Waals surface area contributed by atoms with Crippen molar-refractivity contribution in [3.8, 4) is 0 Å². The molecule has 6 atom stereocenters. The van der Waals surface area contributed by atoms with Gasteiger partial charge in [-0.3, -0.25) is 14.9 Å². The number of aliphatic hydroxyl groups excluding tert-OH is 4. The van der Waals surface area contributed by atoms with Gasteiger partial charge in [-0.2, -0.15) is 0 Å². The first kappa shape index (κ1) is 20.7. The Hall–Kier alpha value is -1.30. The normalized spacial score (nSPS) is 33.3. The van der Waals surface area contributed by atoms with Crippen LogP contribution in [0.3, 0.4) is 0 Å². The fourth-order valence-corrected chi connectivity index (χ4v) is 3.03. The number of hydrogen-bond donors (Lipinski definition) is 8. The van der Waals surface area contributed by atoms with Gasteiger partial charge in [-0.1, -0.05) is 0 Å². The fourth-order valence-electron chi connectivity index (χ4n) is 3.03. The van der Waals surface area contributed by atoms with Gasteiger partial charge in [-0.15, -0.1) is 0 Å². The average Bonchev–Trinajstić information content (AvgIpc) is 2.49. The zero-order valence-electron chi connectivity index (χ0n) is 13.2. The van der Waals surface area contributed by atoms with Gasteiger partial charge in [0.05, 0.1) is 36.9 Å². The lowest BCUT2D eigenvalue weighted by molar-refractivity contribution is -0.141. The molecule has 0 unspecified atom stereocenters. The monoisotopic (exact) mass is 350 g/mol. The highest BCUT2D eigenvalue weighted by Gasteiger charge is 2.48. The van der Waals surface area contributed by atoms with Crippen molar-refractivity contribution in [2.45, 2.75) is 49.7 Å². The molecule has 1 saturated carbocycles. The van der Waals surface area contributed by atoms with Crippen molar-refractivity contribution in [2.75, 3.05) is 19.7 Å². The van der Waals surface area contributed by atoms with Crippen molar-refractivity contribution < 1.29 is 40.2 Å². The van der Waals surface area contributed by atoms with Crippen LogP contribution in [-0.2, 0) is 9.59 Å². The molecule has 1 rings (SSSR count). The number of carboxylic acid groups (broad SMARTS) is 2. The zero-order valence-corrected chi connectivity index (χ0v) is 13.2. The van der Waals surface area contributed by atoms with E-state index in [4.69, 9.17) is 15.3 Å². The lowest BCUT2D eigenvalue weighted by Gasteiger charge is -2.46. The van der Waals surface area contributed by atoms with Gasteiger partial charge < -0.3 is 36.0 Å². The number of aliphatic hydroxyl groups is 4. The van der Waals surface area contributed by atoms with Crippen molar-refractivity contribution in [1.82, 2.24) is 10.6 Å². The van der Waals surface area contributed by atoms with E-state index in [0.29, 0.717) is 13.0 Å². The molecule has 0 aromatic heterocycles. The third-order valence-corrected chi connectivity index (χ3v) is 4.24. The first-order valence-electron chi connectivity index (χ1n) is 7.85. The Labute approximate surface area is 139 Å². The van der Waals surface area contributed by atoms with E-state index in [2.05, 4.69) is 10.6 Å². The largest absolute Gasteiger partial charge is 0.481 e. The van der Waals surface area contributed by atoms with E-state index >= 15 is 0 Å². The Morgan fingerprint density at radius 1 is 0.875 bits per heavy atom. The molecule has 1 aliphatic carbocycles. The smallest absolute Gasteiger partial charge is 0.317 e. The maximum atomic E-state index is 10.8. The summed E-state index contributed by atoms with van der Waals surface area (Å²) in [6.07, 6.45) is -3.71. The highest BCUT2D eigenvalue weighted by atomic mass is 16.4. The minimum absolute atomic E-state index is 0.0200. The molecule has 0 spiro atoms. The van der Waals surface area contributed by atoms with E-state index < -0.39 is 54.8 Å². The maximum absolute atomic E-state index is 10.8. The summed E-state index contributed by atoms with van der Waals surface area (Å²) in [7, 11) is 0. The summed E-state index contributed by atoms with van der Waals surface area (Å²) >= 11 is 0. The van der Waals surface area contributed by atoms with Gasteiger partial charge >= 0.3 is 11.9 Å². The van der Waals surface area contributed by atoms with Crippen molar-refractivity contribution in [3.63, 3.8) is 0 Å². The molecular formula is C14H26N2O8. The van der Waals surface area contributed by atoms with Gasteiger partial charge in [-0.25, -0.2) is 0 Å². The molecule has 0 aromatic rings. The van der Waals surface area contributed by atoms with Gasteiger partial charge in [0.15, 0.2) is 0 Å². The Morgan fingerprint density at radius 3 is 1.96 bits per heavy atom. The molecule has 0 radical (unpaired) electrons. The molecule has 0 bridgehead atoms. The summed E-state index contributed by atoms with van der Waals surface area (Å²) in [6.45, 7) is -0.287. The summed E-state index contributed by atoms with van der Waals surface area (Å²) < 4.78 is 0. The first-order chi connectivity index (χ1) is 11.3. The van der Waals surface area contributed by atoms with Crippen molar-refractivity contribution in [1.29, 1.82) is 0 Å². The average molecular weight is 350 g/mol. The lowest BCUT2D eigenvalue weighted by atomic mass is 9.73. The van der Waals surface area contributed by atoms with E-state index in [1.165, 1.54) is 0 Å². The molecule has 0 saturated heterocycles. The molecule has 10 heteroatoms. The summed E-state index contributed by atoms with van der Waals surface area (Å²) in [5.74, 6) is -3.10. The topological polar surface area (TPSA) is 180 Å². The van der Waals surface area contributed by atoms with Crippen LogP contribution in [0.2, 0.25) is 0 Å². The standard InChI is InChI=1S/C14H26N2O8/c17-5-1-4-15-10-12(22)7(2-3-8(18)19)13(23)11(14(10)24)16-6-9(20)21/h7,10-17,22-24H,1-6H2,(H,18,19)(H,20,21)/t7-,10+,11-,12+,13-,14+/m1/s1. The minimum atomic E-state index is -1.30. The molecule has 0 aliphatic heterocycles. The lowest BCUT2D eigenvalue weighted by Crippen LogP contribution is -2.69. The van der Waals surface area contributed by atoms with Gasteiger partial charge in [0.25, 0.3) is 0 Å². The SMILES string of the molecule is O=C(O)CC[C@H]1[C@@H](O)[C@@H](NCC(=O)O)[C@@H](O)[C@@H](NCCCO)[C@H]1O. The van der Waals surface area contributed by atoms with E-state index in [-0.39, 0.29) is 19.4 Å². The summed E-state index contributed by atoms with van der Waals surface area (Å²) in [4.78, 5) is 21.5. The van der Waals surface area contributed by atoms with Crippen LogP contribution in [0.15, 0.2) is 0 Å². The van der Waals surface area contributed by atoms with Crippen LogP contribution in [0.1, 0.15) is 19.3 Å². The Kier molecular flexibility index (Phi) is 8.53. The third-order valence-electron chi connectivity index (χ3n) is 4.24. The van der Waals surface area contributed by atoms with E-state index in [1.54, 1.807) is 0 Å². The van der Waals surface area contributed by atoms with Gasteiger partial charge in [0, 0.05) is 18.9 Å². The number of rotatable bonds is 10. The second-order valence-corrected chi connectivity index (χ2v) is 5.93. The molecule has 0 aromatic carbocycles. The van der Waals surface area contributed by atoms with E-state index in [1.807, 2.05) is 0 Å². The molecule has 8 N–H and O–H groups in total. The summed E-state index contributed by atoms with van der Waals surface area (Å²) in [5.41, 5.74) is 0. The van der Waals surface area contributed by atoms with Crippen LogP contribution in [0.5, 0.6) is 0 Å². The van der Waals surface area contributed by atoms with Gasteiger partial charge in [-0.05, 0) is 19.4 Å². The van der Waals surface area contributed by atoms with Gasteiger partial charge in [0.2, 0.25) is 0 Å². The zero-order chi connectivity index (χ0) is 18.3. The number of carboxylic acids is 2. The number of carbonyl (C=O) groups is 2. The first-order valence-corrected chi connectivity index (χ1v) is 7.85. The molecular weight excluding hydrogens is 324 g/mol. The van der Waals surface area contributed by atoms with Crippen LogP contribution >= 0.6 is 0 Å². The Morgan fingerprint density at radius 2 is 1.46 bits per heavy atom. The van der Waals surface area contributed by atoms with E-state index in [9.17, 15) is 24.9 Å². The molecule has 1 fully saturated rings. The summed E-state index contributed by atoms with van der Waals surface area (Å²) in [5, 5.41) is 62.9. The summed E-state index contributed by atoms with van der Waals surface area (Å²) in [6, 6.07) is -1.92. The molecule has 0 heterocycles.